The van der Waals surface area contributed by atoms with Gasteiger partial charge in [-0.05, 0) is 49.7 Å². The van der Waals surface area contributed by atoms with Crippen molar-refractivity contribution < 1.29 is 9.84 Å². The Morgan fingerprint density at radius 3 is 2.30 bits per heavy atom. The third-order valence-corrected chi connectivity index (χ3v) is 5.93. The summed E-state index contributed by atoms with van der Waals surface area (Å²) in [6, 6.07) is 18.6. The van der Waals surface area contributed by atoms with Crippen molar-refractivity contribution in [2.24, 2.45) is 0 Å². The lowest BCUT2D eigenvalue weighted by atomic mass is 9.72. The fraction of sp³-hybridized carbons (Fsp3) is 0.500. The van der Waals surface area contributed by atoms with E-state index >= 15 is 0 Å². The molecule has 27 heavy (non-hydrogen) atoms. The van der Waals surface area contributed by atoms with Crippen LogP contribution in [-0.2, 0) is 6.61 Å². The van der Waals surface area contributed by atoms with Crippen molar-refractivity contribution in [1.82, 2.24) is 4.90 Å². The molecule has 1 saturated carbocycles. The lowest BCUT2D eigenvalue weighted by Gasteiger charge is -2.41. The van der Waals surface area contributed by atoms with E-state index in [2.05, 4.69) is 43.1 Å². The molecule has 3 rings (SSSR count). The number of likely N-dealkylation sites (N-methyl/N-ethyl adjacent to an activating group) is 1. The van der Waals surface area contributed by atoms with Crippen molar-refractivity contribution >= 4 is 0 Å². The van der Waals surface area contributed by atoms with Gasteiger partial charge in [0, 0.05) is 12.5 Å². The summed E-state index contributed by atoms with van der Waals surface area (Å²) >= 11 is 0. The van der Waals surface area contributed by atoms with E-state index in [9.17, 15) is 5.11 Å². The van der Waals surface area contributed by atoms with Crippen LogP contribution in [0.15, 0.2) is 54.6 Å². The molecule has 1 aliphatic carbocycles. The molecule has 1 aliphatic rings. The molecule has 1 unspecified atom stereocenters. The lowest BCUT2D eigenvalue weighted by molar-refractivity contribution is -0.0289. The maximum Gasteiger partial charge on any atom is 0.119 e. The van der Waals surface area contributed by atoms with Crippen LogP contribution in [0.5, 0.6) is 5.75 Å². The van der Waals surface area contributed by atoms with Gasteiger partial charge in [-0.2, -0.15) is 0 Å². The monoisotopic (exact) mass is 367 g/mol. The molecular formula is C24H33NO2. The number of rotatable bonds is 8. The first-order chi connectivity index (χ1) is 13.1. The van der Waals surface area contributed by atoms with Crippen LogP contribution >= 0.6 is 0 Å². The molecule has 2 aromatic carbocycles. The highest BCUT2D eigenvalue weighted by Gasteiger charge is 2.39. The summed E-state index contributed by atoms with van der Waals surface area (Å²) < 4.78 is 5.93. The van der Waals surface area contributed by atoms with Gasteiger partial charge in [0.1, 0.15) is 12.4 Å². The normalized spacial score (nSPS) is 17.6. The first kappa shape index (κ1) is 19.9. The van der Waals surface area contributed by atoms with Crippen molar-refractivity contribution in [3.8, 4) is 5.75 Å². The number of nitrogens with zero attached hydrogens (tertiary/aromatic N) is 1. The molecule has 0 spiro atoms. The first-order valence-electron chi connectivity index (χ1n) is 10.3. The van der Waals surface area contributed by atoms with E-state index in [1.807, 2.05) is 30.3 Å². The molecule has 2 aromatic rings. The molecule has 1 fully saturated rings. The van der Waals surface area contributed by atoms with Crippen molar-refractivity contribution in [3.05, 3.63) is 65.7 Å². The molecule has 3 nitrogen and oxygen atoms in total. The summed E-state index contributed by atoms with van der Waals surface area (Å²) in [5, 5.41) is 11.4. The fourth-order valence-corrected chi connectivity index (χ4v) is 4.08. The SMILES string of the molecule is CCN(C)CC(c1ccc(OCc2ccccc2)cc1)C1(O)CCCCC1. The van der Waals surface area contributed by atoms with E-state index in [1.165, 1.54) is 17.5 Å². The Morgan fingerprint density at radius 1 is 1.00 bits per heavy atom. The molecule has 0 amide bonds. The van der Waals surface area contributed by atoms with Gasteiger partial charge >= 0.3 is 0 Å². The van der Waals surface area contributed by atoms with E-state index in [0.717, 1.165) is 44.5 Å². The molecule has 0 bridgehead atoms. The number of aliphatic hydroxyl groups is 1. The van der Waals surface area contributed by atoms with Gasteiger partial charge in [0.2, 0.25) is 0 Å². The van der Waals surface area contributed by atoms with E-state index in [4.69, 9.17) is 4.74 Å². The van der Waals surface area contributed by atoms with Gasteiger partial charge in [-0.25, -0.2) is 0 Å². The zero-order valence-electron chi connectivity index (χ0n) is 16.7. The Labute approximate surface area is 164 Å². The minimum absolute atomic E-state index is 0.144. The maximum atomic E-state index is 11.4. The van der Waals surface area contributed by atoms with Crippen molar-refractivity contribution in [2.75, 3.05) is 20.1 Å². The van der Waals surface area contributed by atoms with Crippen molar-refractivity contribution in [3.63, 3.8) is 0 Å². The van der Waals surface area contributed by atoms with E-state index in [-0.39, 0.29) is 5.92 Å². The largest absolute Gasteiger partial charge is 0.489 e. The summed E-state index contributed by atoms with van der Waals surface area (Å²) in [5.74, 6) is 1.02. The molecule has 0 heterocycles. The molecule has 1 N–H and O–H groups in total. The summed E-state index contributed by atoms with van der Waals surface area (Å²) in [7, 11) is 2.14. The molecule has 0 saturated heterocycles. The zero-order chi connectivity index (χ0) is 19.1. The number of ether oxygens (including phenoxy) is 1. The fourth-order valence-electron chi connectivity index (χ4n) is 4.08. The Bertz CT molecular complexity index is 677. The maximum absolute atomic E-state index is 11.4. The average molecular weight is 368 g/mol. The smallest absolute Gasteiger partial charge is 0.119 e. The quantitative estimate of drug-likeness (QED) is 0.713. The molecule has 146 valence electrons. The van der Waals surface area contributed by atoms with Gasteiger partial charge in [-0.15, -0.1) is 0 Å². The Balaban J connectivity index is 1.72. The Morgan fingerprint density at radius 2 is 1.67 bits per heavy atom. The highest BCUT2D eigenvalue weighted by atomic mass is 16.5. The van der Waals surface area contributed by atoms with Crippen molar-refractivity contribution in [1.29, 1.82) is 0 Å². The van der Waals surface area contributed by atoms with Gasteiger partial charge in [0.15, 0.2) is 0 Å². The minimum atomic E-state index is -0.589. The van der Waals surface area contributed by atoms with Crippen LogP contribution in [0.2, 0.25) is 0 Å². The van der Waals surface area contributed by atoms with E-state index < -0.39 is 5.60 Å². The Kier molecular flexibility index (Phi) is 6.92. The minimum Gasteiger partial charge on any atom is -0.489 e. The summed E-state index contributed by atoms with van der Waals surface area (Å²) in [4.78, 5) is 2.30. The summed E-state index contributed by atoms with van der Waals surface area (Å²) in [5.41, 5.74) is 1.79. The number of hydrogen-bond donors (Lipinski definition) is 1. The second-order valence-corrected chi connectivity index (χ2v) is 7.91. The molecule has 3 heteroatoms. The zero-order valence-corrected chi connectivity index (χ0v) is 16.7. The van der Waals surface area contributed by atoms with Crippen molar-refractivity contribution in [2.45, 2.75) is 57.2 Å². The van der Waals surface area contributed by atoms with E-state index in [0.29, 0.717) is 6.61 Å². The summed E-state index contributed by atoms with van der Waals surface area (Å²) in [6.07, 6.45) is 5.30. The predicted molar refractivity (Wildman–Crippen MR) is 111 cm³/mol. The standard InChI is InChI=1S/C24H33NO2/c1-3-25(2)18-23(24(26)16-8-5-9-17-24)21-12-14-22(15-13-21)27-19-20-10-6-4-7-11-20/h4,6-7,10-15,23,26H,3,5,8-9,16-19H2,1-2H3. The molecular weight excluding hydrogens is 334 g/mol. The summed E-state index contributed by atoms with van der Waals surface area (Å²) in [6.45, 7) is 4.62. The van der Waals surface area contributed by atoms with Gasteiger partial charge in [-0.3, -0.25) is 0 Å². The lowest BCUT2D eigenvalue weighted by Crippen LogP contribution is -2.43. The highest BCUT2D eigenvalue weighted by Crippen LogP contribution is 2.40. The number of benzene rings is 2. The van der Waals surface area contributed by atoms with Crippen LogP contribution in [0.4, 0.5) is 0 Å². The van der Waals surface area contributed by atoms with Crippen LogP contribution in [-0.4, -0.2) is 35.7 Å². The number of hydrogen-bond acceptors (Lipinski definition) is 3. The van der Waals surface area contributed by atoms with Gasteiger partial charge < -0.3 is 14.7 Å². The van der Waals surface area contributed by atoms with Crippen LogP contribution < -0.4 is 4.74 Å². The van der Waals surface area contributed by atoms with Gasteiger partial charge in [0.05, 0.1) is 5.60 Å². The topological polar surface area (TPSA) is 32.7 Å². The molecule has 0 radical (unpaired) electrons. The van der Waals surface area contributed by atoms with Gasteiger partial charge in [0.25, 0.3) is 0 Å². The second-order valence-electron chi connectivity index (χ2n) is 7.91. The van der Waals surface area contributed by atoms with E-state index in [1.54, 1.807) is 0 Å². The van der Waals surface area contributed by atoms with Crippen LogP contribution in [0.3, 0.4) is 0 Å². The van der Waals surface area contributed by atoms with Crippen LogP contribution in [0.25, 0.3) is 0 Å². The highest BCUT2D eigenvalue weighted by molar-refractivity contribution is 5.32. The van der Waals surface area contributed by atoms with Crippen LogP contribution in [0.1, 0.15) is 56.1 Å². The molecule has 0 aliphatic heterocycles. The third kappa shape index (κ3) is 5.33. The Hall–Kier alpha value is -1.84. The third-order valence-electron chi connectivity index (χ3n) is 5.93. The predicted octanol–water partition coefficient (Wildman–Crippen LogP) is 5.00. The first-order valence-corrected chi connectivity index (χ1v) is 10.3. The average Bonchev–Trinajstić information content (AvgIpc) is 2.72. The molecule has 0 aromatic heterocycles. The second kappa shape index (κ2) is 9.38. The van der Waals surface area contributed by atoms with Crippen LogP contribution in [0, 0.1) is 0 Å². The van der Waals surface area contributed by atoms with Gasteiger partial charge in [-0.1, -0.05) is 68.7 Å². The molecule has 1 atom stereocenters.